The summed E-state index contributed by atoms with van der Waals surface area (Å²) in [7, 11) is 1.06. The normalized spacial score (nSPS) is 24.4. The van der Waals surface area contributed by atoms with E-state index in [-0.39, 0.29) is 31.9 Å². The molecule has 0 aromatic heterocycles. The Morgan fingerprint density at radius 3 is 2.21 bits per heavy atom. The molecular weight excluding hydrogens is 580 g/mol. The Balaban J connectivity index is 1.40. The summed E-state index contributed by atoms with van der Waals surface area (Å²) in [5, 5.41) is 0. The van der Waals surface area contributed by atoms with Gasteiger partial charge in [0.1, 0.15) is 5.84 Å². The van der Waals surface area contributed by atoms with Crippen LogP contribution < -0.4 is 23.7 Å². The maximum Gasteiger partial charge on any atom is 0.310 e. The van der Waals surface area contributed by atoms with Crippen molar-refractivity contribution >= 4 is 21.8 Å². The fraction of sp³-hybridized carbons (Fsp3) is 0.533. The molecule has 43 heavy (non-hydrogen) atoms. The predicted octanol–water partition coefficient (Wildman–Crippen LogP) is 3.28. The van der Waals surface area contributed by atoms with Gasteiger partial charge in [-0.25, -0.2) is 8.42 Å². The quantitative estimate of drug-likeness (QED) is 0.234. The van der Waals surface area contributed by atoms with Crippen molar-refractivity contribution < 1.29 is 46.4 Å². The zero-order valence-electron chi connectivity index (χ0n) is 24.7. The smallest absolute Gasteiger partial charge is 0.310 e. The second-order valence-electron chi connectivity index (χ2n) is 11.1. The van der Waals surface area contributed by atoms with Crippen molar-refractivity contribution in [2.75, 3.05) is 60.7 Å². The van der Waals surface area contributed by atoms with E-state index in [1.165, 1.54) is 0 Å². The molecule has 0 amide bonds. The molecule has 0 spiro atoms. The first-order valence-corrected chi connectivity index (χ1v) is 16.1. The van der Waals surface area contributed by atoms with Gasteiger partial charge in [-0.3, -0.25) is 4.79 Å². The lowest BCUT2D eigenvalue weighted by atomic mass is 9.66. The number of nitrogens with zero attached hydrogens (tertiary/aromatic N) is 2. The van der Waals surface area contributed by atoms with Gasteiger partial charge in [0.25, 0.3) is 10.0 Å². The van der Waals surface area contributed by atoms with Gasteiger partial charge < -0.3 is 38.1 Å². The molecule has 3 aliphatic heterocycles. The van der Waals surface area contributed by atoms with Gasteiger partial charge in [-0.2, -0.15) is 4.40 Å². The number of cyclic esters (lactones) is 1. The fourth-order valence-corrected chi connectivity index (χ4v) is 7.30. The zero-order chi connectivity index (χ0) is 30.3. The summed E-state index contributed by atoms with van der Waals surface area (Å²) < 4.78 is 68.6. The van der Waals surface area contributed by atoms with Crippen LogP contribution in [0.5, 0.6) is 28.7 Å². The van der Waals surface area contributed by atoms with Gasteiger partial charge in [-0.15, -0.1) is 0 Å². The first-order valence-electron chi connectivity index (χ1n) is 14.3. The van der Waals surface area contributed by atoms with Crippen molar-refractivity contribution in [2.45, 2.75) is 31.3 Å². The molecular formula is C30H36N2O10S. The van der Waals surface area contributed by atoms with Crippen molar-refractivity contribution in [2.24, 2.45) is 16.2 Å². The fourth-order valence-electron chi connectivity index (χ4n) is 6.71. The van der Waals surface area contributed by atoms with E-state index in [0.717, 1.165) is 48.9 Å². The highest BCUT2D eigenvalue weighted by atomic mass is 32.2. The molecule has 0 radical (unpaired) electrons. The number of amidine groups is 1. The van der Waals surface area contributed by atoms with Crippen LogP contribution in [0.2, 0.25) is 0 Å². The molecule has 0 N–H and O–H groups in total. The van der Waals surface area contributed by atoms with Crippen LogP contribution in [0.15, 0.2) is 28.7 Å². The maximum absolute atomic E-state index is 13.4. The second-order valence-corrected chi connectivity index (χ2v) is 12.7. The van der Waals surface area contributed by atoms with Crippen LogP contribution in [0.25, 0.3) is 0 Å². The number of ether oxygens (including phenoxy) is 7. The number of carbonyl (C=O) groups excluding carboxylic acids is 1. The molecule has 0 unspecified atom stereocenters. The van der Waals surface area contributed by atoms with Crippen molar-refractivity contribution in [3.8, 4) is 28.7 Å². The Labute approximate surface area is 250 Å². The number of fused-ring (bicyclic) bond motifs is 3. The van der Waals surface area contributed by atoms with Crippen LogP contribution in [-0.2, 0) is 24.3 Å². The highest BCUT2D eigenvalue weighted by Crippen LogP contribution is 2.56. The summed E-state index contributed by atoms with van der Waals surface area (Å²) in [6, 6.07) is 7.53. The van der Waals surface area contributed by atoms with Gasteiger partial charge in [0, 0.05) is 31.3 Å². The minimum atomic E-state index is -3.58. The third-order valence-electron chi connectivity index (χ3n) is 8.53. The zero-order valence-corrected chi connectivity index (χ0v) is 25.5. The van der Waals surface area contributed by atoms with Crippen LogP contribution in [0.3, 0.4) is 0 Å². The largest absolute Gasteiger partial charge is 0.493 e. The number of carbonyl (C=O) groups is 1. The van der Waals surface area contributed by atoms with Gasteiger partial charge in [-0.1, -0.05) is 0 Å². The Kier molecular flexibility index (Phi) is 8.03. The number of esters is 1. The Morgan fingerprint density at radius 1 is 0.953 bits per heavy atom. The second kappa shape index (κ2) is 11.8. The van der Waals surface area contributed by atoms with E-state index in [4.69, 9.17) is 33.2 Å². The first-order chi connectivity index (χ1) is 20.7. The molecule has 2 aromatic carbocycles. The molecule has 232 valence electrons. The number of likely N-dealkylation sites (tertiary alicyclic amines) is 1. The summed E-state index contributed by atoms with van der Waals surface area (Å²) in [6.45, 7) is 1.99. The third-order valence-corrected chi connectivity index (χ3v) is 9.07. The lowest BCUT2D eigenvalue weighted by molar-refractivity contribution is -0.141. The molecule has 1 aliphatic carbocycles. The molecule has 12 nitrogen and oxygen atoms in total. The standard InChI is InChI=1S/C30H36N2O10S/c1-36-23-11-17(12-24(37-2)29(23)38-3)26-18-13-21-22(42-16-41-21)14-19(18)28(20-15-40-30(33)27(20)26)39-10-7-25(31-43(4,34)35)32-8-5-6-9-32/h11-14,20,26-28H,5-10,15-16H2,1-4H3/b31-25+/t20-,26+,27-,28+/m0/s1. The lowest BCUT2D eigenvalue weighted by Gasteiger charge is -2.39. The van der Waals surface area contributed by atoms with Crippen LogP contribution >= 0.6 is 0 Å². The molecule has 2 aromatic rings. The molecule has 4 atom stereocenters. The van der Waals surface area contributed by atoms with E-state index in [2.05, 4.69) is 4.40 Å². The minimum Gasteiger partial charge on any atom is -0.493 e. The van der Waals surface area contributed by atoms with Gasteiger partial charge in [0.05, 0.1) is 52.8 Å². The monoisotopic (exact) mass is 616 g/mol. The minimum absolute atomic E-state index is 0.0919. The highest BCUT2D eigenvalue weighted by molar-refractivity contribution is 7.89. The van der Waals surface area contributed by atoms with Crippen molar-refractivity contribution in [1.29, 1.82) is 0 Å². The number of hydrogen-bond donors (Lipinski definition) is 0. The van der Waals surface area contributed by atoms with Crippen molar-refractivity contribution in [1.82, 2.24) is 4.90 Å². The highest BCUT2D eigenvalue weighted by Gasteiger charge is 2.53. The summed E-state index contributed by atoms with van der Waals surface area (Å²) in [5.41, 5.74) is 2.48. The molecule has 6 rings (SSSR count). The summed E-state index contributed by atoms with van der Waals surface area (Å²) in [6.07, 6.45) is 2.86. The van der Waals surface area contributed by atoms with E-state index < -0.39 is 28.0 Å². The van der Waals surface area contributed by atoms with E-state index in [9.17, 15) is 13.2 Å². The van der Waals surface area contributed by atoms with E-state index in [0.29, 0.717) is 41.0 Å². The number of benzene rings is 2. The Hall–Kier alpha value is -3.71. The molecule has 0 bridgehead atoms. The van der Waals surface area contributed by atoms with Crippen LogP contribution in [0, 0.1) is 11.8 Å². The topological polar surface area (TPSA) is 131 Å². The van der Waals surface area contributed by atoms with Gasteiger partial charge in [-0.05, 0) is 53.8 Å². The summed E-state index contributed by atoms with van der Waals surface area (Å²) in [5.74, 6) is 1.43. The van der Waals surface area contributed by atoms with E-state index in [1.54, 1.807) is 21.3 Å². The Bertz CT molecular complexity index is 1510. The van der Waals surface area contributed by atoms with Gasteiger partial charge in [0.2, 0.25) is 12.5 Å². The lowest BCUT2D eigenvalue weighted by Crippen LogP contribution is -2.36. The first kappa shape index (κ1) is 29.4. The molecule has 4 aliphatic rings. The van der Waals surface area contributed by atoms with Gasteiger partial charge in [0.15, 0.2) is 23.0 Å². The summed E-state index contributed by atoms with van der Waals surface area (Å²) in [4.78, 5) is 15.4. The number of methoxy groups -OCH3 is 3. The predicted molar refractivity (Wildman–Crippen MR) is 155 cm³/mol. The van der Waals surface area contributed by atoms with Crippen LogP contribution in [0.1, 0.15) is 48.0 Å². The van der Waals surface area contributed by atoms with Crippen LogP contribution in [-0.4, -0.2) is 85.8 Å². The average Bonchev–Trinajstić information content (AvgIpc) is 3.76. The molecule has 2 saturated heterocycles. The van der Waals surface area contributed by atoms with Crippen molar-refractivity contribution in [3.63, 3.8) is 0 Å². The molecule has 0 saturated carbocycles. The summed E-state index contributed by atoms with van der Waals surface area (Å²) >= 11 is 0. The van der Waals surface area contributed by atoms with Crippen molar-refractivity contribution in [3.05, 3.63) is 41.0 Å². The van der Waals surface area contributed by atoms with E-state index in [1.807, 2.05) is 29.2 Å². The molecule has 3 heterocycles. The van der Waals surface area contributed by atoms with E-state index >= 15 is 0 Å². The third kappa shape index (κ3) is 5.55. The van der Waals surface area contributed by atoms with Gasteiger partial charge >= 0.3 is 5.97 Å². The molecule has 2 fully saturated rings. The maximum atomic E-state index is 13.4. The van der Waals surface area contributed by atoms with Crippen LogP contribution in [0.4, 0.5) is 0 Å². The SMILES string of the molecule is COc1cc([C@@H]2c3cc4c(cc3[C@@H](OCC/C(=N\S(C)(=O)=O)N3CCCC3)[C@H]3COC(=O)[C@H]23)OCO4)cc(OC)c1OC. The Morgan fingerprint density at radius 2 is 1.60 bits per heavy atom. The average molecular weight is 617 g/mol. The number of sulfonamides is 1. The number of hydrogen-bond acceptors (Lipinski definition) is 10. The molecule has 13 heteroatoms. The number of rotatable bonds is 9.